The fourth-order valence-corrected chi connectivity index (χ4v) is 3.68. The number of amides is 1. The summed E-state index contributed by atoms with van der Waals surface area (Å²) in [6.45, 7) is 2.81. The Balaban J connectivity index is 1.79. The first-order valence-corrected chi connectivity index (χ1v) is 9.06. The van der Waals surface area contributed by atoms with Crippen LogP contribution in [0.15, 0.2) is 36.5 Å². The lowest BCUT2D eigenvalue weighted by Gasteiger charge is -2.31. The van der Waals surface area contributed by atoms with Crippen LogP contribution < -0.4 is 0 Å². The van der Waals surface area contributed by atoms with E-state index in [4.69, 9.17) is 0 Å². The number of rotatable bonds is 5. The Morgan fingerprint density at radius 3 is 2.58 bits per heavy atom. The summed E-state index contributed by atoms with van der Waals surface area (Å²) in [7, 11) is 1.95. The maximum Gasteiger partial charge on any atom is 0.257 e. The monoisotopic (exact) mass is 325 g/mol. The number of aromatic nitrogens is 2. The second-order valence-corrected chi connectivity index (χ2v) is 6.71. The normalized spacial score (nSPS) is 15.4. The second-order valence-electron chi connectivity index (χ2n) is 6.71. The highest BCUT2D eigenvalue weighted by Crippen LogP contribution is 2.24. The zero-order chi connectivity index (χ0) is 16.9. The molecule has 3 rings (SSSR count). The standard InChI is InChI=1S/C20H27N3O/c1-3-19-18(20(24)22(2)17-12-8-5-9-13-17)14-21-23(19)15-16-10-6-4-7-11-16/h4,6-7,10-11,14,17H,3,5,8-9,12-13,15H2,1-2H3. The van der Waals surface area contributed by atoms with Crippen molar-refractivity contribution in [2.45, 2.75) is 58.0 Å². The van der Waals surface area contributed by atoms with Crippen molar-refractivity contribution in [3.05, 3.63) is 53.3 Å². The van der Waals surface area contributed by atoms with Gasteiger partial charge in [-0.2, -0.15) is 5.10 Å². The third-order valence-corrected chi connectivity index (χ3v) is 5.13. The summed E-state index contributed by atoms with van der Waals surface area (Å²) in [5.41, 5.74) is 3.00. The lowest BCUT2D eigenvalue weighted by atomic mass is 9.94. The molecular formula is C20H27N3O. The Morgan fingerprint density at radius 2 is 1.92 bits per heavy atom. The molecule has 0 N–H and O–H groups in total. The third kappa shape index (κ3) is 3.53. The minimum atomic E-state index is 0.123. The molecule has 1 saturated carbocycles. The van der Waals surface area contributed by atoms with Gasteiger partial charge in [0.25, 0.3) is 5.91 Å². The van der Waals surface area contributed by atoms with Gasteiger partial charge < -0.3 is 4.90 Å². The van der Waals surface area contributed by atoms with Crippen LogP contribution in [-0.4, -0.2) is 33.7 Å². The van der Waals surface area contributed by atoms with E-state index in [2.05, 4.69) is 24.2 Å². The van der Waals surface area contributed by atoms with Gasteiger partial charge in [0.1, 0.15) is 0 Å². The van der Waals surface area contributed by atoms with E-state index in [1.165, 1.54) is 24.8 Å². The number of nitrogens with zero attached hydrogens (tertiary/aromatic N) is 3. The second kappa shape index (κ2) is 7.65. The lowest BCUT2D eigenvalue weighted by molar-refractivity contribution is 0.0695. The van der Waals surface area contributed by atoms with Crippen molar-refractivity contribution in [2.75, 3.05) is 7.05 Å². The third-order valence-electron chi connectivity index (χ3n) is 5.13. The van der Waals surface area contributed by atoms with E-state index in [1.54, 1.807) is 6.20 Å². The van der Waals surface area contributed by atoms with Crippen LogP contribution in [0.2, 0.25) is 0 Å². The molecule has 0 atom stereocenters. The van der Waals surface area contributed by atoms with Gasteiger partial charge in [-0.05, 0) is 24.8 Å². The quantitative estimate of drug-likeness (QED) is 0.836. The van der Waals surface area contributed by atoms with Crippen LogP contribution in [0.1, 0.15) is 60.6 Å². The molecule has 0 aliphatic heterocycles. The van der Waals surface area contributed by atoms with Crippen LogP contribution in [0.3, 0.4) is 0 Å². The average molecular weight is 325 g/mol. The van der Waals surface area contributed by atoms with Crippen LogP contribution in [-0.2, 0) is 13.0 Å². The molecule has 1 heterocycles. The van der Waals surface area contributed by atoms with E-state index in [0.717, 1.165) is 30.5 Å². The summed E-state index contributed by atoms with van der Waals surface area (Å²) in [6, 6.07) is 10.7. The molecule has 0 radical (unpaired) electrons. The minimum absolute atomic E-state index is 0.123. The molecular weight excluding hydrogens is 298 g/mol. The predicted octanol–water partition coefficient (Wildman–Crippen LogP) is 3.90. The number of hydrogen-bond donors (Lipinski definition) is 0. The van der Waals surface area contributed by atoms with Crippen molar-refractivity contribution in [3.63, 3.8) is 0 Å². The smallest absolute Gasteiger partial charge is 0.257 e. The van der Waals surface area contributed by atoms with Crippen molar-refractivity contribution in [3.8, 4) is 0 Å². The van der Waals surface area contributed by atoms with E-state index < -0.39 is 0 Å². The molecule has 1 fully saturated rings. The number of carbonyl (C=O) groups excluding carboxylic acids is 1. The molecule has 1 amide bonds. The SMILES string of the molecule is CCc1c(C(=O)N(C)C2CCCCC2)cnn1Cc1ccccc1. The van der Waals surface area contributed by atoms with Gasteiger partial charge in [0.2, 0.25) is 0 Å². The van der Waals surface area contributed by atoms with E-state index in [1.807, 2.05) is 34.8 Å². The molecule has 1 aliphatic carbocycles. The molecule has 4 nitrogen and oxygen atoms in total. The first kappa shape index (κ1) is 16.7. The fraction of sp³-hybridized carbons (Fsp3) is 0.500. The number of benzene rings is 1. The van der Waals surface area contributed by atoms with Gasteiger partial charge in [-0.25, -0.2) is 0 Å². The van der Waals surface area contributed by atoms with Gasteiger partial charge in [-0.3, -0.25) is 9.48 Å². The van der Waals surface area contributed by atoms with Crippen LogP contribution in [0, 0.1) is 0 Å². The molecule has 0 spiro atoms. The minimum Gasteiger partial charge on any atom is -0.339 e. The summed E-state index contributed by atoms with van der Waals surface area (Å²) in [5.74, 6) is 0.123. The zero-order valence-corrected chi connectivity index (χ0v) is 14.7. The van der Waals surface area contributed by atoms with Crippen LogP contribution >= 0.6 is 0 Å². The van der Waals surface area contributed by atoms with Crippen molar-refractivity contribution in [2.24, 2.45) is 0 Å². The van der Waals surface area contributed by atoms with Crippen LogP contribution in [0.4, 0.5) is 0 Å². The summed E-state index contributed by atoms with van der Waals surface area (Å²) < 4.78 is 1.97. The Kier molecular flexibility index (Phi) is 5.34. The molecule has 2 aromatic rings. The van der Waals surface area contributed by atoms with Crippen molar-refractivity contribution in [1.82, 2.24) is 14.7 Å². The topological polar surface area (TPSA) is 38.1 Å². The van der Waals surface area contributed by atoms with Crippen LogP contribution in [0.25, 0.3) is 0 Å². The van der Waals surface area contributed by atoms with Crippen molar-refractivity contribution >= 4 is 5.91 Å². The Morgan fingerprint density at radius 1 is 1.21 bits per heavy atom. The molecule has 1 aliphatic rings. The zero-order valence-electron chi connectivity index (χ0n) is 14.7. The Labute approximate surface area is 144 Å². The van der Waals surface area contributed by atoms with Gasteiger partial charge in [-0.1, -0.05) is 56.5 Å². The summed E-state index contributed by atoms with van der Waals surface area (Å²) in [4.78, 5) is 14.9. The Hall–Kier alpha value is -2.10. The summed E-state index contributed by atoms with van der Waals surface area (Å²) in [5, 5.41) is 4.50. The fourth-order valence-electron chi connectivity index (χ4n) is 3.68. The maximum atomic E-state index is 13.0. The Bertz CT molecular complexity index is 671. The molecule has 0 unspecified atom stereocenters. The van der Waals surface area contributed by atoms with Gasteiger partial charge >= 0.3 is 0 Å². The first-order valence-electron chi connectivity index (χ1n) is 9.06. The molecule has 1 aromatic heterocycles. The highest BCUT2D eigenvalue weighted by molar-refractivity contribution is 5.95. The van der Waals surface area contributed by atoms with Crippen molar-refractivity contribution < 1.29 is 4.79 Å². The number of carbonyl (C=O) groups is 1. The van der Waals surface area contributed by atoms with E-state index in [-0.39, 0.29) is 5.91 Å². The van der Waals surface area contributed by atoms with E-state index in [9.17, 15) is 4.79 Å². The molecule has 4 heteroatoms. The van der Waals surface area contributed by atoms with Gasteiger partial charge in [-0.15, -0.1) is 0 Å². The molecule has 0 bridgehead atoms. The highest BCUT2D eigenvalue weighted by atomic mass is 16.2. The van der Waals surface area contributed by atoms with Crippen LogP contribution in [0.5, 0.6) is 0 Å². The first-order chi connectivity index (χ1) is 11.7. The lowest BCUT2D eigenvalue weighted by Crippen LogP contribution is -2.38. The summed E-state index contributed by atoms with van der Waals surface area (Å²) >= 11 is 0. The highest BCUT2D eigenvalue weighted by Gasteiger charge is 2.26. The molecule has 1 aromatic carbocycles. The molecule has 24 heavy (non-hydrogen) atoms. The predicted molar refractivity (Wildman–Crippen MR) is 96.1 cm³/mol. The van der Waals surface area contributed by atoms with Gasteiger partial charge in [0.15, 0.2) is 0 Å². The van der Waals surface area contributed by atoms with Gasteiger partial charge in [0.05, 0.1) is 24.0 Å². The van der Waals surface area contributed by atoms with Crippen molar-refractivity contribution in [1.29, 1.82) is 0 Å². The van der Waals surface area contributed by atoms with E-state index in [0.29, 0.717) is 12.6 Å². The molecule has 0 saturated heterocycles. The van der Waals surface area contributed by atoms with Gasteiger partial charge in [0, 0.05) is 13.1 Å². The number of hydrogen-bond acceptors (Lipinski definition) is 2. The van der Waals surface area contributed by atoms with E-state index >= 15 is 0 Å². The summed E-state index contributed by atoms with van der Waals surface area (Å²) in [6.07, 6.45) is 8.58. The maximum absolute atomic E-state index is 13.0. The molecule has 128 valence electrons. The largest absolute Gasteiger partial charge is 0.339 e. The average Bonchev–Trinajstić information content (AvgIpc) is 3.04.